The fourth-order valence-corrected chi connectivity index (χ4v) is 0.520. The average molecular weight is 196 g/mol. The van der Waals surface area contributed by atoms with Gasteiger partial charge in [-0.3, -0.25) is 4.55 Å². The highest BCUT2D eigenvalue weighted by atomic mass is 32.3. The smallest absolute Gasteiger partial charge is 0.382 e. The lowest BCUT2D eigenvalue weighted by Crippen LogP contribution is -2.22. The summed E-state index contributed by atoms with van der Waals surface area (Å²) in [7, 11) is -4.78. The van der Waals surface area contributed by atoms with Crippen molar-refractivity contribution in [1.82, 2.24) is 0 Å². The zero-order valence-electron chi connectivity index (χ0n) is 5.01. The number of hydrogen-bond acceptors (Lipinski definition) is 5. The molecular formula is C3H8MgO6S. The Bertz CT molecular complexity index is 218. The van der Waals surface area contributed by atoms with Crippen molar-refractivity contribution in [2.45, 2.75) is 13.0 Å². The summed E-state index contributed by atoms with van der Waals surface area (Å²) in [4.78, 5) is 10.1. The number of aliphatic hydroxyl groups is 1. The third-order valence-electron chi connectivity index (χ3n) is 0.529. The highest BCUT2D eigenvalue weighted by Crippen LogP contribution is 1.91. The molecule has 0 spiro atoms. The van der Waals surface area contributed by atoms with Crippen molar-refractivity contribution in [3.63, 3.8) is 0 Å². The van der Waals surface area contributed by atoms with E-state index in [0.29, 0.717) is 0 Å². The van der Waals surface area contributed by atoms with Gasteiger partial charge in [0.25, 0.3) is 0 Å². The van der Waals surface area contributed by atoms with E-state index < -0.39 is 22.5 Å². The average Bonchev–Trinajstić information content (AvgIpc) is 1.60. The molecule has 0 fully saturated rings. The molecule has 0 aliphatic carbocycles. The number of aliphatic hydroxyl groups excluding tert-OH is 1. The lowest BCUT2D eigenvalue weighted by Gasteiger charge is -2.00. The van der Waals surface area contributed by atoms with Crippen LogP contribution in [0.15, 0.2) is 0 Å². The van der Waals surface area contributed by atoms with Gasteiger partial charge in [0.05, 0.1) is 0 Å². The molecule has 0 saturated heterocycles. The molecule has 0 aromatic carbocycles. The van der Waals surface area contributed by atoms with Crippen molar-refractivity contribution < 1.29 is 27.1 Å². The van der Waals surface area contributed by atoms with Gasteiger partial charge in [-0.15, -0.1) is 0 Å². The van der Waals surface area contributed by atoms with E-state index >= 15 is 0 Å². The molecule has 0 aromatic heterocycles. The Morgan fingerprint density at radius 3 is 2.00 bits per heavy atom. The Hall–Kier alpha value is 0.106. The lowest BCUT2D eigenvalue weighted by molar-refractivity contribution is -0.142. The molecule has 6 nitrogen and oxygen atoms in total. The second kappa shape index (κ2) is 4.88. The summed E-state index contributed by atoms with van der Waals surface area (Å²) >= 11 is 0. The standard InChI is InChI=1S/C3H6O6S.Mg.2H/c1-2(4)3(5)9-10(6,7)8;;;/h2,4H,1H3,(H,6,7,8);;;. The molecule has 1 atom stereocenters. The highest BCUT2D eigenvalue weighted by Gasteiger charge is 2.17. The molecule has 64 valence electrons. The first-order valence-corrected chi connectivity index (χ1v) is 3.58. The molecular weight excluding hydrogens is 188 g/mol. The fraction of sp³-hybridized carbons (Fsp3) is 0.667. The van der Waals surface area contributed by atoms with Crippen LogP contribution in [0.2, 0.25) is 0 Å². The van der Waals surface area contributed by atoms with Gasteiger partial charge in [0.1, 0.15) is 6.10 Å². The minimum atomic E-state index is -4.78. The zero-order chi connectivity index (χ0) is 8.36. The van der Waals surface area contributed by atoms with Crippen molar-refractivity contribution in [2.24, 2.45) is 0 Å². The molecule has 0 aliphatic heterocycles. The van der Waals surface area contributed by atoms with E-state index in [2.05, 4.69) is 4.18 Å². The predicted molar refractivity (Wildman–Crippen MR) is 37.9 cm³/mol. The number of carbonyl (C=O) groups excluding carboxylic acids is 1. The second-order valence-corrected chi connectivity index (χ2v) is 2.53. The van der Waals surface area contributed by atoms with Crippen LogP contribution in [0, 0.1) is 0 Å². The predicted octanol–water partition coefficient (Wildman–Crippen LogP) is -2.20. The van der Waals surface area contributed by atoms with Crippen molar-refractivity contribution in [3.8, 4) is 0 Å². The number of rotatable bonds is 2. The Balaban J connectivity index is 0. The Morgan fingerprint density at radius 1 is 1.55 bits per heavy atom. The van der Waals surface area contributed by atoms with E-state index in [1.165, 1.54) is 0 Å². The van der Waals surface area contributed by atoms with E-state index in [4.69, 9.17) is 9.66 Å². The molecule has 0 bridgehead atoms. The molecule has 0 heterocycles. The van der Waals surface area contributed by atoms with Crippen molar-refractivity contribution in [1.29, 1.82) is 0 Å². The molecule has 2 N–H and O–H groups in total. The molecule has 0 rings (SSSR count). The first-order valence-electron chi connectivity index (χ1n) is 2.22. The third-order valence-corrected chi connectivity index (χ3v) is 0.903. The summed E-state index contributed by atoms with van der Waals surface area (Å²) in [6, 6.07) is 0. The van der Waals surface area contributed by atoms with Crippen LogP contribution in [0.1, 0.15) is 6.92 Å². The van der Waals surface area contributed by atoms with Gasteiger partial charge in [0.15, 0.2) is 0 Å². The minimum Gasteiger partial charge on any atom is -0.382 e. The fourth-order valence-electron chi connectivity index (χ4n) is 0.173. The molecule has 11 heavy (non-hydrogen) atoms. The van der Waals surface area contributed by atoms with Gasteiger partial charge in [0.2, 0.25) is 0 Å². The molecule has 1 unspecified atom stereocenters. The van der Waals surface area contributed by atoms with Crippen molar-refractivity contribution in [3.05, 3.63) is 0 Å². The summed E-state index contributed by atoms with van der Waals surface area (Å²) < 4.78 is 30.7. The van der Waals surface area contributed by atoms with Crippen LogP contribution in [0.5, 0.6) is 0 Å². The first kappa shape index (κ1) is 13.7. The molecule has 0 amide bonds. The summed E-state index contributed by atoms with van der Waals surface area (Å²) in [6.07, 6.45) is -1.57. The van der Waals surface area contributed by atoms with Crippen LogP contribution >= 0.6 is 0 Å². The van der Waals surface area contributed by atoms with Crippen LogP contribution in [0.25, 0.3) is 0 Å². The maximum Gasteiger partial charge on any atom is 0.449 e. The monoisotopic (exact) mass is 196 g/mol. The zero-order valence-corrected chi connectivity index (χ0v) is 5.83. The SMILES string of the molecule is CC(O)C(=O)OS(=O)(=O)O.[MgH2]. The third kappa shape index (κ3) is 8.01. The van der Waals surface area contributed by atoms with Crippen LogP contribution in [-0.4, -0.2) is 53.2 Å². The number of carbonyl (C=O) groups is 1. The van der Waals surface area contributed by atoms with E-state index in [0.717, 1.165) is 6.92 Å². The van der Waals surface area contributed by atoms with Crippen LogP contribution < -0.4 is 0 Å². The summed E-state index contributed by atoms with van der Waals surface area (Å²) in [6.45, 7) is 1.01. The van der Waals surface area contributed by atoms with Gasteiger partial charge < -0.3 is 9.29 Å². The van der Waals surface area contributed by atoms with Crippen LogP contribution in [-0.2, 0) is 19.4 Å². The van der Waals surface area contributed by atoms with Crippen molar-refractivity contribution in [2.75, 3.05) is 0 Å². The van der Waals surface area contributed by atoms with E-state index in [1.54, 1.807) is 0 Å². The maximum atomic E-state index is 10.1. The quantitative estimate of drug-likeness (QED) is 0.384. The van der Waals surface area contributed by atoms with Gasteiger partial charge >= 0.3 is 39.4 Å². The highest BCUT2D eigenvalue weighted by molar-refractivity contribution is 7.81. The van der Waals surface area contributed by atoms with E-state index in [-0.39, 0.29) is 23.1 Å². The molecule has 0 aliphatic rings. The maximum absolute atomic E-state index is 10.1. The molecule has 0 aromatic rings. The molecule has 0 saturated carbocycles. The topological polar surface area (TPSA) is 101 Å². The summed E-state index contributed by atoms with van der Waals surface area (Å²) in [5, 5.41) is 8.33. The lowest BCUT2D eigenvalue weighted by atomic mass is 10.4. The Morgan fingerprint density at radius 2 is 1.91 bits per heavy atom. The van der Waals surface area contributed by atoms with Gasteiger partial charge in [-0.2, -0.15) is 8.42 Å². The Kier molecular flexibility index (Phi) is 6.07. The Labute approximate surface area is 79.6 Å². The first-order chi connectivity index (χ1) is 4.33. The van der Waals surface area contributed by atoms with E-state index in [1.807, 2.05) is 0 Å². The molecule has 8 heteroatoms. The minimum absolute atomic E-state index is 0. The van der Waals surface area contributed by atoms with Crippen LogP contribution in [0.4, 0.5) is 0 Å². The normalized spacial score (nSPS) is 13.0. The van der Waals surface area contributed by atoms with Gasteiger partial charge in [-0.1, -0.05) is 0 Å². The second-order valence-electron chi connectivity index (χ2n) is 1.51. The molecule has 0 radical (unpaired) electrons. The van der Waals surface area contributed by atoms with Gasteiger partial charge in [0, 0.05) is 0 Å². The van der Waals surface area contributed by atoms with Gasteiger partial charge in [-0.05, 0) is 6.92 Å². The largest absolute Gasteiger partial charge is 0.449 e. The van der Waals surface area contributed by atoms with Crippen LogP contribution in [0.3, 0.4) is 0 Å². The number of hydrogen-bond donors (Lipinski definition) is 2. The summed E-state index contributed by atoms with van der Waals surface area (Å²) in [5.41, 5.74) is 0. The summed E-state index contributed by atoms with van der Waals surface area (Å²) in [5.74, 6) is -1.41. The van der Waals surface area contributed by atoms with Crippen molar-refractivity contribution >= 4 is 39.4 Å². The van der Waals surface area contributed by atoms with E-state index in [9.17, 15) is 13.2 Å². The van der Waals surface area contributed by atoms with Gasteiger partial charge in [-0.25, -0.2) is 4.79 Å².